The minimum absolute atomic E-state index is 0.256. The van der Waals surface area contributed by atoms with Gasteiger partial charge in [-0.2, -0.15) is 10.2 Å². The molecule has 0 aliphatic carbocycles. The van der Waals surface area contributed by atoms with E-state index < -0.39 is 0 Å². The van der Waals surface area contributed by atoms with E-state index in [-0.39, 0.29) is 11.2 Å². The number of aryl methyl sites for hydroxylation is 2. The SMILES string of the molecule is Cn1cc(OCCCc2cn3ccccc3n2)c(=O)c(-c2ccnn2-c2ccccc2)n1. The van der Waals surface area contributed by atoms with Gasteiger partial charge in [0.15, 0.2) is 11.4 Å². The second-order valence-electron chi connectivity index (χ2n) is 7.46. The third-order valence-corrected chi connectivity index (χ3v) is 5.14. The van der Waals surface area contributed by atoms with Crippen molar-refractivity contribution >= 4 is 5.65 Å². The number of rotatable bonds is 7. The fraction of sp³-hybridized carbons (Fsp3) is 0.167. The number of para-hydroxylation sites is 1. The van der Waals surface area contributed by atoms with Gasteiger partial charge in [0.25, 0.3) is 5.43 Å². The second kappa shape index (κ2) is 8.50. The molecule has 0 saturated heterocycles. The summed E-state index contributed by atoms with van der Waals surface area (Å²) in [5.41, 5.74) is 3.43. The largest absolute Gasteiger partial charge is 0.488 e. The van der Waals surface area contributed by atoms with E-state index in [0.717, 1.165) is 29.9 Å². The van der Waals surface area contributed by atoms with Gasteiger partial charge < -0.3 is 9.14 Å². The predicted octanol–water partition coefficient (Wildman–Crippen LogP) is 3.29. The Balaban J connectivity index is 1.33. The fourth-order valence-electron chi connectivity index (χ4n) is 3.65. The molecule has 8 nitrogen and oxygen atoms in total. The summed E-state index contributed by atoms with van der Waals surface area (Å²) in [4.78, 5) is 17.7. The number of pyridine rings is 1. The van der Waals surface area contributed by atoms with Gasteiger partial charge in [-0.3, -0.25) is 9.48 Å². The number of nitrogens with zero attached hydrogens (tertiary/aromatic N) is 6. The molecule has 0 saturated carbocycles. The topological polar surface area (TPSA) is 79.2 Å². The van der Waals surface area contributed by atoms with Crippen LogP contribution in [0.25, 0.3) is 22.7 Å². The van der Waals surface area contributed by atoms with E-state index >= 15 is 0 Å². The normalized spacial score (nSPS) is 11.2. The summed E-state index contributed by atoms with van der Waals surface area (Å²) in [5, 5.41) is 8.78. The lowest BCUT2D eigenvalue weighted by Gasteiger charge is -2.10. The Morgan fingerprint density at radius 3 is 2.69 bits per heavy atom. The van der Waals surface area contributed by atoms with Crippen LogP contribution in [-0.4, -0.2) is 35.6 Å². The van der Waals surface area contributed by atoms with E-state index in [1.54, 1.807) is 34.9 Å². The maximum absolute atomic E-state index is 13.1. The van der Waals surface area contributed by atoms with Crippen molar-refractivity contribution in [3.05, 3.63) is 95.3 Å². The molecular formula is C24H22N6O2. The zero-order valence-corrected chi connectivity index (χ0v) is 17.6. The molecule has 4 aromatic heterocycles. The van der Waals surface area contributed by atoms with Crippen LogP contribution in [0.4, 0.5) is 0 Å². The molecule has 0 radical (unpaired) electrons. The number of benzene rings is 1. The van der Waals surface area contributed by atoms with Crippen molar-refractivity contribution < 1.29 is 4.74 Å². The molecule has 4 heterocycles. The Bertz CT molecular complexity index is 1380. The van der Waals surface area contributed by atoms with Crippen LogP contribution in [-0.2, 0) is 13.5 Å². The monoisotopic (exact) mass is 426 g/mol. The number of hydrogen-bond acceptors (Lipinski definition) is 5. The molecule has 0 atom stereocenters. The molecular weight excluding hydrogens is 404 g/mol. The fourth-order valence-corrected chi connectivity index (χ4v) is 3.65. The van der Waals surface area contributed by atoms with Crippen molar-refractivity contribution in [2.24, 2.45) is 7.05 Å². The summed E-state index contributed by atoms with van der Waals surface area (Å²) in [6.45, 7) is 0.407. The Morgan fingerprint density at radius 2 is 1.84 bits per heavy atom. The van der Waals surface area contributed by atoms with Gasteiger partial charge in [0.1, 0.15) is 5.65 Å². The van der Waals surface area contributed by atoms with Crippen molar-refractivity contribution in [3.8, 4) is 22.8 Å². The van der Waals surface area contributed by atoms with Crippen LogP contribution in [0.2, 0.25) is 0 Å². The van der Waals surface area contributed by atoms with Crippen LogP contribution in [0.5, 0.6) is 5.75 Å². The molecule has 0 fully saturated rings. The first kappa shape index (κ1) is 19.7. The second-order valence-corrected chi connectivity index (χ2v) is 7.46. The third-order valence-electron chi connectivity index (χ3n) is 5.14. The maximum Gasteiger partial charge on any atom is 0.251 e. The van der Waals surface area contributed by atoms with E-state index in [0.29, 0.717) is 18.0 Å². The molecule has 160 valence electrons. The summed E-state index contributed by atoms with van der Waals surface area (Å²) in [6.07, 6.45) is 8.77. The van der Waals surface area contributed by atoms with Crippen LogP contribution in [0.15, 0.2) is 84.2 Å². The zero-order chi connectivity index (χ0) is 21.9. The van der Waals surface area contributed by atoms with Crippen molar-refractivity contribution in [2.45, 2.75) is 12.8 Å². The van der Waals surface area contributed by atoms with Gasteiger partial charge in [-0.05, 0) is 43.2 Å². The Kier molecular flexibility index (Phi) is 5.25. The highest BCUT2D eigenvalue weighted by Crippen LogP contribution is 2.19. The molecule has 0 bridgehead atoms. The molecule has 0 amide bonds. The first-order chi connectivity index (χ1) is 15.7. The molecule has 1 aromatic carbocycles. The van der Waals surface area contributed by atoms with Gasteiger partial charge in [-0.25, -0.2) is 9.67 Å². The van der Waals surface area contributed by atoms with E-state index in [1.165, 1.54) is 0 Å². The third kappa shape index (κ3) is 3.90. The molecule has 5 rings (SSSR count). The number of fused-ring (bicyclic) bond motifs is 1. The van der Waals surface area contributed by atoms with Crippen molar-refractivity contribution in [2.75, 3.05) is 6.61 Å². The van der Waals surface area contributed by atoms with Crippen molar-refractivity contribution in [1.29, 1.82) is 0 Å². The summed E-state index contributed by atoms with van der Waals surface area (Å²) in [5.74, 6) is 0.272. The van der Waals surface area contributed by atoms with Crippen molar-refractivity contribution in [3.63, 3.8) is 0 Å². The lowest BCUT2D eigenvalue weighted by atomic mass is 10.2. The van der Waals surface area contributed by atoms with Crippen LogP contribution in [0.3, 0.4) is 0 Å². The molecule has 32 heavy (non-hydrogen) atoms. The molecule has 0 aliphatic rings. The quantitative estimate of drug-likeness (QED) is 0.373. The molecule has 0 unspecified atom stereocenters. The Morgan fingerprint density at radius 1 is 1.00 bits per heavy atom. The van der Waals surface area contributed by atoms with Crippen molar-refractivity contribution in [1.82, 2.24) is 28.9 Å². The number of imidazole rings is 1. The summed E-state index contributed by atoms with van der Waals surface area (Å²) >= 11 is 0. The lowest BCUT2D eigenvalue weighted by molar-refractivity contribution is 0.304. The van der Waals surface area contributed by atoms with Gasteiger partial charge in [0.2, 0.25) is 0 Å². The molecule has 5 aromatic rings. The van der Waals surface area contributed by atoms with E-state index in [2.05, 4.69) is 15.2 Å². The van der Waals surface area contributed by atoms with Crippen LogP contribution in [0.1, 0.15) is 12.1 Å². The number of ether oxygens (including phenoxy) is 1. The molecule has 8 heteroatoms. The number of aromatic nitrogens is 6. The maximum atomic E-state index is 13.1. The summed E-state index contributed by atoms with van der Waals surface area (Å²) in [6, 6.07) is 17.3. The van der Waals surface area contributed by atoms with Gasteiger partial charge in [0, 0.05) is 19.4 Å². The molecule has 0 aliphatic heterocycles. The summed E-state index contributed by atoms with van der Waals surface area (Å²) in [7, 11) is 1.77. The first-order valence-corrected chi connectivity index (χ1v) is 10.4. The van der Waals surface area contributed by atoms with E-state index in [1.807, 2.05) is 65.3 Å². The standard InChI is InChI=1S/C24H22N6O2/c1-28-17-21(32-15-7-8-18-16-29-14-6-5-11-22(29)26-18)24(31)23(27-28)20-12-13-25-30(20)19-9-3-2-4-10-19/h2-6,9-14,16-17H,7-8,15H2,1H3. The highest BCUT2D eigenvalue weighted by atomic mass is 16.5. The Labute approximate surface area is 184 Å². The van der Waals surface area contributed by atoms with Gasteiger partial charge in [-0.15, -0.1) is 0 Å². The molecule has 0 spiro atoms. The van der Waals surface area contributed by atoms with Gasteiger partial charge >= 0.3 is 0 Å². The minimum Gasteiger partial charge on any atom is -0.488 e. The van der Waals surface area contributed by atoms with Gasteiger partial charge in [0.05, 0.1) is 36.1 Å². The predicted molar refractivity (Wildman–Crippen MR) is 121 cm³/mol. The number of hydrogen-bond donors (Lipinski definition) is 0. The average molecular weight is 426 g/mol. The Hall–Kier alpha value is -4.20. The smallest absolute Gasteiger partial charge is 0.251 e. The van der Waals surface area contributed by atoms with Gasteiger partial charge in [-0.1, -0.05) is 24.3 Å². The highest BCUT2D eigenvalue weighted by Gasteiger charge is 2.17. The van der Waals surface area contributed by atoms with E-state index in [4.69, 9.17) is 4.74 Å². The lowest BCUT2D eigenvalue weighted by Crippen LogP contribution is -2.18. The highest BCUT2D eigenvalue weighted by molar-refractivity contribution is 5.58. The first-order valence-electron chi connectivity index (χ1n) is 10.4. The van der Waals surface area contributed by atoms with Crippen LogP contribution >= 0.6 is 0 Å². The summed E-state index contributed by atoms with van der Waals surface area (Å²) < 4.78 is 11.2. The minimum atomic E-state index is -0.256. The van der Waals surface area contributed by atoms with E-state index in [9.17, 15) is 4.79 Å². The zero-order valence-electron chi connectivity index (χ0n) is 17.6. The molecule has 0 N–H and O–H groups in total. The average Bonchev–Trinajstić information content (AvgIpc) is 3.46. The van der Waals surface area contributed by atoms with Crippen LogP contribution < -0.4 is 10.2 Å². The van der Waals surface area contributed by atoms with Crippen LogP contribution in [0, 0.1) is 0 Å².